The Labute approximate surface area is 159 Å². The van der Waals surface area contributed by atoms with Crippen LogP contribution in [0.1, 0.15) is 18.4 Å². The molecule has 2 aromatic carbocycles. The maximum Gasteiger partial charge on any atom is 0.253 e. The molecule has 1 spiro atoms. The summed E-state index contributed by atoms with van der Waals surface area (Å²) in [6, 6.07) is 17.0. The first-order valence-electron chi connectivity index (χ1n) is 9.60. The first-order valence-corrected chi connectivity index (χ1v) is 9.60. The average Bonchev–Trinajstić information content (AvgIpc) is 2.71. The van der Waals surface area contributed by atoms with Gasteiger partial charge in [0, 0.05) is 19.6 Å². The quantitative estimate of drug-likeness (QED) is 0.830. The van der Waals surface area contributed by atoms with Crippen LogP contribution in [0, 0.1) is 5.82 Å². The number of likely N-dealkylation sites (tertiary alicyclic amines) is 1. The minimum Gasteiger partial charge on any atom is -0.363 e. The van der Waals surface area contributed by atoms with Crippen LogP contribution in [0.4, 0.5) is 10.1 Å². The van der Waals surface area contributed by atoms with Gasteiger partial charge in [0.1, 0.15) is 12.4 Å². The van der Waals surface area contributed by atoms with Crippen molar-refractivity contribution in [3.05, 3.63) is 66.0 Å². The van der Waals surface area contributed by atoms with Crippen molar-refractivity contribution < 1.29 is 13.9 Å². The van der Waals surface area contributed by atoms with Gasteiger partial charge >= 0.3 is 0 Å². The van der Waals surface area contributed by atoms with Gasteiger partial charge in [-0.05, 0) is 37.0 Å². The van der Waals surface area contributed by atoms with Gasteiger partial charge in [-0.2, -0.15) is 0 Å². The van der Waals surface area contributed by atoms with Crippen LogP contribution in [-0.2, 0) is 16.0 Å². The summed E-state index contributed by atoms with van der Waals surface area (Å²) in [5.41, 5.74) is 1.35. The molecule has 0 radical (unpaired) electrons. The molecule has 0 saturated carbocycles. The number of para-hydroxylation sites is 1. The second-order valence-electron chi connectivity index (χ2n) is 7.48. The van der Waals surface area contributed by atoms with Gasteiger partial charge in [0.05, 0.1) is 17.8 Å². The fraction of sp³-hybridized carbons (Fsp3) is 0.409. The Balaban J connectivity index is 1.37. The maximum atomic E-state index is 14.2. The predicted octanol–water partition coefficient (Wildman–Crippen LogP) is 3.27. The lowest BCUT2D eigenvalue weighted by Gasteiger charge is -2.47. The van der Waals surface area contributed by atoms with E-state index in [0.717, 1.165) is 38.9 Å². The zero-order chi connectivity index (χ0) is 18.7. The number of ether oxygens (including phenoxy) is 1. The number of piperidine rings is 1. The van der Waals surface area contributed by atoms with E-state index in [2.05, 4.69) is 29.2 Å². The molecule has 1 amide bonds. The number of benzene rings is 2. The number of morpholine rings is 1. The number of anilines is 1. The van der Waals surface area contributed by atoms with Crippen LogP contribution in [0.25, 0.3) is 0 Å². The van der Waals surface area contributed by atoms with Crippen LogP contribution in [-0.4, -0.2) is 49.2 Å². The average molecular weight is 368 g/mol. The summed E-state index contributed by atoms with van der Waals surface area (Å²) in [6.07, 6.45) is 2.76. The first kappa shape index (κ1) is 18.1. The van der Waals surface area contributed by atoms with Crippen molar-refractivity contribution in [3.8, 4) is 0 Å². The van der Waals surface area contributed by atoms with Gasteiger partial charge < -0.3 is 14.5 Å². The van der Waals surface area contributed by atoms with E-state index in [1.165, 1.54) is 11.6 Å². The van der Waals surface area contributed by atoms with Crippen LogP contribution >= 0.6 is 0 Å². The van der Waals surface area contributed by atoms with Crippen LogP contribution in [0.3, 0.4) is 0 Å². The molecule has 27 heavy (non-hydrogen) atoms. The third-order valence-corrected chi connectivity index (χ3v) is 5.72. The topological polar surface area (TPSA) is 32.8 Å². The van der Waals surface area contributed by atoms with Gasteiger partial charge in [0.2, 0.25) is 0 Å². The molecule has 2 aliphatic rings. The normalized spacial score (nSPS) is 20.2. The molecular weight excluding hydrogens is 343 g/mol. The second kappa shape index (κ2) is 7.79. The lowest BCUT2D eigenvalue weighted by atomic mass is 9.88. The largest absolute Gasteiger partial charge is 0.363 e. The number of nitrogens with zero attached hydrogens (tertiary/aromatic N) is 2. The number of hydrogen-bond acceptors (Lipinski definition) is 3. The Morgan fingerprint density at radius 1 is 1.00 bits per heavy atom. The van der Waals surface area contributed by atoms with Gasteiger partial charge in [-0.1, -0.05) is 42.5 Å². The van der Waals surface area contributed by atoms with Crippen LogP contribution in [0.15, 0.2) is 54.6 Å². The molecule has 0 unspecified atom stereocenters. The standard InChI is InChI=1S/C22H25FN2O2/c23-19-8-4-5-9-20(19)25-17-22(27-16-21(25)26)11-14-24(15-12-22)13-10-18-6-2-1-3-7-18/h1-9H,10-17H2. The van der Waals surface area contributed by atoms with Crippen molar-refractivity contribution in [1.29, 1.82) is 0 Å². The Morgan fingerprint density at radius 3 is 2.44 bits per heavy atom. The molecule has 0 atom stereocenters. The van der Waals surface area contributed by atoms with E-state index in [0.29, 0.717) is 12.2 Å². The SMILES string of the molecule is O=C1COC2(CCN(CCc3ccccc3)CC2)CN1c1ccccc1F. The minimum absolute atomic E-state index is 0.0261. The van der Waals surface area contributed by atoms with E-state index in [4.69, 9.17) is 4.74 Å². The fourth-order valence-electron chi connectivity index (χ4n) is 4.02. The van der Waals surface area contributed by atoms with E-state index >= 15 is 0 Å². The van der Waals surface area contributed by atoms with Gasteiger partial charge in [-0.15, -0.1) is 0 Å². The smallest absolute Gasteiger partial charge is 0.253 e. The Morgan fingerprint density at radius 2 is 1.70 bits per heavy atom. The van der Waals surface area contributed by atoms with Gasteiger partial charge in [-0.3, -0.25) is 4.79 Å². The summed E-state index contributed by atoms with van der Waals surface area (Å²) in [5.74, 6) is -0.527. The van der Waals surface area contributed by atoms with Crippen LogP contribution < -0.4 is 4.90 Å². The molecule has 0 aliphatic carbocycles. The highest BCUT2D eigenvalue weighted by Crippen LogP contribution is 2.33. The number of carbonyl (C=O) groups is 1. The van der Waals surface area contributed by atoms with E-state index in [1.807, 2.05) is 6.07 Å². The van der Waals surface area contributed by atoms with Crippen LogP contribution in [0.2, 0.25) is 0 Å². The molecule has 2 aliphatic heterocycles. The van der Waals surface area contributed by atoms with Gasteiger partial charge in [-0.25, -0.2) is 4.39 Å². The van der Waals surface area contributed by atoms with Crippen molar-refractivity contribution in [1.82, 2.24) is 4.90 Å². The van der Waals surface area contributed by atoms with Crippen molar-refractivity contribution in [2.75, 3.05) is 37.7 Å². The zero-order valence-corrected chi connectivity index (χ0v) is 15.4. The molecule has 0 bridgehead atoms. The third kappa shape index (κ3) is 4.04. The van der Waals surface area contributed by atoms with Crippen molar-refractivity contribution in [2.24, 2.45) is 0 Å². The Bertz CT molecular complexity index is 788. The summed E-state index contributed by atoms with van der Waals surface area (Å²) in [5, 5.41) is 0. The lowest BCUT2D eigenvalue weighted by Crippen LogP contribution is -2.59. The van der Waals surface area contributed by atoms with Crippen molar-refractivity contribution >= 4 is 11.6 Å². The summed E-state index contributed by atoms with van der Waals surface area (Å²) in [7, 11) is 0. The monoisotopic (exact) mass is 368 g/mol. The summed E-state index contributed by atoms with van der Waals surface area (Å²) >= 11 is 0. The van der Waals surface area contributed by atoms with E-state index in [1.54, 1.807) is 23.1 Å². The van der Waals surface area contributed by atoms with Crippen molar-refractivity contribution in [3.63, 3.8) is 0 Å². The van der Waals surface area contributed by atoms with Gasteiger partial charge in [0.15, 0.2) is 0 Å². The van der Waals surface area contributed by atoms with Crippen molar-refractivity contribution in [2.45, 2.75) is 24.9 Å². The highest BCUT2D eigenvalue weighted by molar-refractivity contribution is 5.95. The minimum atomic E-state index is -0.362. The fourth-order valence-corrected chi connectivity index (χ4v) is 4.02. The molecule has 0 N–H and O–H groups in total. The molecule has 4 nitrogen and oxygen atoms in total. The molecule has 0 aromatic heterocycles. The number of rotatable bonds is 4. The molecule has 4 rings (SSSR count). The first-order chi connectivity index (χ1) is 13.2. The summed E-state index contributed by atoms with van der Waals surface area (Å²) in [4.78, 5) is 16.3. The summed E-state index contributed by atoms with van der Waals surface area (Å²) in [6.45, 7) is 3.35. The van der Waals surface area contributed by atoms with E-state index in [9.17, 15) is 9.18 Å². The zero-order valence-electron chi connectivity index (χ0n) is 15.4. The molecular formula is C22H25FN2O2. The molecule has 142 valence electrons. The lowest BCUT2D eigenvalue weighted by molar-refractivity contribution is -0.144. The van der Waals surface area contributed by atoms with Crippen LogP contribution in [0.5, 0.6) is 0 Å². The maximum absolute atomic E-state index is 14.2. The summed E-state index contributed by atoms with van der Waals surface area (Å²) < 4.78 is 20.2. The van der Waals surface area contributed by atoms with E-state index in [-0.39, 0.29) is 23.9 Å². The van der Waals surface area contributed by atoms with E-state index < -0.39 is 0 Å². The highest BCUT2D eigenvalue weighted by atomic mass is 19.1. The molecule has 2 fully saturated rings. The van der Waals surface area contributed by atoms with Gasteiger partial charge in [0.25, 0.3) is 5.91 Å². The second-order valence-corrected chi connectivity index (χ2v) is 7.48. The Hall–Kier alpha value is -2.24. The Kier molecular flexibility index (Phi) is 5.23. The number of halogens is 1. The molecule has 2 saturated heterocycles. The third-order valence-electron chi connectivity index (χ3n) is 5.72. The number of carbonyl (C=O) groups excluding carboxylic acids is 1. The number of amides is 1. The molecule has 5 heteroatoms. The number of hydrogen-bond donors (Lipinski definition) is 0. The molecule has 2 heterocycles. The predicted molar refractivity (Wildman–Crippen MR) is 103 cm³/mol. The molecule has 2 aromatic rings. The highest BCUT2D eigenvalue weighted by Gasteiger charge is 2.43.